The van der Waals surface area contributed by atoms with Crippen LogP contribution in [0.4, 0.5) is 0 Å². The van der Waals surface area contributed by atoms with Crippen molar-refractivity contribution in [2.24, 2.45) is 5.73 Å². The van der Waals surface area contributed by atoms with E-state index in [4.69, 9.17) is 17.3 Å². The van der Waals surface area contributed by atoms with Gasteiger partial charge in [-0.2, -0.15) is 0 Å². The number of benzene rings is 1. The minimum atomic E-state index is -0.308. The molecule has 2 N–H and O–H groups in total. The number of amides is 1. The first kappa shape index (κ1) is 12.9. The van der Waals surface area contributed by atoms with Crippen molar-refractivity contribution in [2.75, 3.05) is 5.88 Å². The van der Waals surface area contributed by atoms with Gasteiger partial charge in [-0.05, 0) is 19.1 Å². The van der Waals surface area contributed by atoms with E-state index in [1.165, 1.54) is 0 Å². The average molecular weight is 266 g/mol. The highest BCUT2D eigenvalue weighted by Crippen LogP contribution is 2.23. The number of halogens is 1. The fourth-order valence-electron chi connectivity index (χ4n) is 2.23. The first-order chi connectivity index (χ1) is 8.63. The van der Waals surface area contributed by atoms with E-state index in [0.717, 1.165) is 16.9 Å². The minimum absolute atomic E-state index is 0.00637. The number of hydrogen-bond acceptors (Lipinski definition) is 2. The Bertz CT molecular complexity index is 564. The predicted molar refractivity (Wildman–Crippen MR) is 72.7 cm³/mol. The van der Waals surface area contributed by atoms with Gasteiger partial charge in [0, 0.05) is 24.8 Å². The van der Waals surface area contributed by atoms with Gasteiger partial charge in [-0.3, -0.25) is 4.79 Å². The van der Waals surface area contributed by atoms with E-state index < -0.39 is 0 Å². The number of rotatable bonds is 5. The van der Waals surface area contributed by atoms with E-state index in [1.807, 2.05) is 31.2 Å². The molecule has 2 aromatic rings. The highest BCUT2D eigenvalue weighted by Gasteiger charge is 2.16. The van der Waals surface area contributed by atoms with Gasteiger partial charge in [0.1, 0.15) is 5.82 Å². The molecule has 0 spiro atoms. The van der Waals surface area contributed by atoms with Gasteiger partial charge < -0.3 is 10.3 Å². The maximum absolute atomic E-state index is 11.1. The van der Waals surface area contributed by atoms with Crippen LogP contribution < -0.4 is 5.73 Å². The van der Waals surface area contributed by atoms with Crippen LogP contribution in [0.2, 0.25) is 0 Å². The maximum atomic E-state index is 11.1. The summed E-state index contributed by atoms with van der Waals surface area (Å²) in [5.41, 5.74) is 7.21. The molecule has 1 aromatic carbocycles. The Morgan fingerprint density at radius 3 is 2.89 bits per heavy atom. The number of nitrogens with two attached hydrogens (primary N) is 1. The van der Waals surface area contributed by atoms with E-state index >= 15 is 0 Å². The van der Waals surface area contributed by atoms with Gasteiger partial charge in [-0.15, -0.1) is 11.6 Å². The number of fused-ring (bicyclic) bond motifs is 1. The summed E-state index contributed by atoms with van der Waals surface area (Å²) in [7, 11) is 0. The van der Waals surface area contributed by atoms with Crippen molar-refractivity contribution in [3.8, 4) is 0 Å². The molecule has 4 nitrogen and oxygen atoms in total. The predicted octanol–water partition coefficient (Wildman–Crippen LogP) is 2.25. The molecule has 0 saturated heterocycles. The molecular weight excluding hydrogens is 250 g/mol. The standard InChI is InChI=1S/C13H16ClN3O/c1-9(8-12(15)18)17-11-5-3-2-4-10(11)16-13(17)6-7-14/h2-5,9H,6-8H2,1H3,(H2,15,18). The van der Waals surface area contributed by atoms with Crippen molar-refractivity contribution in [2.45, 2.75) is 25.8 Å². The Kier molecular flexibility index (Phi) is 3.87. The molecule has 96 valence electrons. The number of nitrogens with zero attached hydrogens (tertiary/aromatic N) is 2. The lowest BCUT2D eigenvalue weighted by molar-refractivity contribution is -0.118. The summed E-state index contributed by atoms with van der Waals surface area (Å²) in [4.78, 5) is 15.6. The third kappa shape index (κ3) is 2.48. The molecule has 0 radical (unpaired) electrons. The molecule has 0 saturated carbocycles. The molecule has 2 rings (SSSR count). The summed E-state index contributed by atoms with van der Waals surface area (Å²) < 4.78 is 2.06. The second-order valence-electron chi connectivity index (χ2n) is 4.35. The minimum Gasteiger partial charge on any atom is -0.370 e. The van der Waals surface area contributed by atoms with Crippen LogP contribution in [-0.4, -0.2) is 21.3 Å². The number of alkyl halides is 1. The number of aromatic nitrogens is 2. The van der Waals surface area contributed by atoms with Gasteiger partial charge in [0.2, 0.25) is 5.91 Å². The Labute approximate surface area is 111 Å². The Morgan fingerprint density at radius 2 is 2.22 bits per heavy atom. The summed E-state index contributed by atoms with van der Waals surface area (Å²) >= 11 is 5.80. The van der Waals surface area contributed by atoms with E-state index in [-0.39, 0.29) is 11.9 Å². The number of hydrogen-bond donors (Lipinski definition) is 1. The quantitative estimate of drug-likeness (QED) is 0.843. The lowest BCUT2D eigenvalue weighted by Gasteiger charge is -2.15. The van der Waals surface area contributed by atoms with Gasteiger partial charge in [0.25, 0.3) is 0 Å². The van der Waals surface area contributed by atoms with Gasteiger partial charge in [-0.25, -0.2) is 4.98 Å². The van der Waals surface area contributed by atoms with Crippen LogP contribution in [0.5, 0.6) is 0 Å². The average Bonchev–Trinajstić information content (AvgIpc) is 2.66. The zero-order valence-electron chi connectivity index (χ0n) is 10.3. The lowest BCUT2D eigenvalue weighted by atomic mass is 10.2. The molecular formula is C13H16ClN3O. The topological polar surface area (TPSA) is 60.9 Å². The fourth-order valence-corrected chi connectivity index (χ4v) is 2.40. The summed E-state index contributed by atoms with van der Waals surface area (Å²) in [6, 6.07) is 7.86. The fraction of sp³-hybridized carbons (Fsp3) is 0.385. The van der Waals surface area contributed by atoms with Crippen molar-refractivity contribution in [1.29, 1.82) is 0 Å². The molecule has 0 aliphatic rings. The smallest absolute Gasteiger partial charge is 0.219 e. The van der Waals surface area contributed by atoms with Crippen LogP contribution in [0.1, 0.15) is 25.2 Å². The van der Waals surface area contributed by atoms with E-state index in [2.05, 4.69) is 9.55 Å². The van der Waals surface area contributed by atoms with Crippen molar-refractivity contribution >= 4 is 28.5 Å². The van der Waals surface area contributed by atoms with Crippen LogP contribution in [0, 0.1) is 0 Å². The molecule has 0 bridgehead atoms. The summed E-state index contributed by atoms with van der Waals surface area (Å²) in [6.07, 6.45) is 0.981. The van der Waals surface area contributed by atoms with Crippen LogP contribution in [0.3, 0.4) is 0 Å². The molecule has 0 fully saturated rings. The highest BCUT2D eigenvalue weighted by molar-refractivity contribution is 6.17. The largest absolute Gasteiger partial charge is 0.370 e. The normalized spacial score (nSPS) is 12.8. The molecule has 0 aliphatic heterocycles. The van der Waals surface area contributed by atoms with Crippen LogP contribution in [0.25, 0.3) is 11.0 Å². The lowest BCUT2D eigenvalue weighted by Crippen LogP contribution is -2.19. The highest BCUT2D eigenvalue weighted by atomic mass is 35.5. The third-order valence-corrected chi connectivity index (χ3v) is 3.11. The van der Waals surface area contributed by atoms with Crippen LogP contribution in [-0.2, 0) is 11.2 Å². The number of para-hydroxylation sites is 2. The number of primary amides is 1. The van der Waals surface area contributed by atoms with Crippen LogP contribution >= 0.6 is 11.6 Å². The van der Waals surface area contributed by atoms with Gasteiger partial charge >= 0.3 is 0 Å². The molecule has 1 heterocycles. The second-order valence-corrected chi connectivity index (χ2v) is 4.72. The second kappa shape index (κ2) is 5.40. The molecule has 0 aliphatic carbocycles. The summed E-state index contributed by atoms with van der Waals surface area (Å²) in [5.74, 6) is 1.10. The zero-order chi connectivity index (χ0) is 13.1. The number of imidazole rings is 1. The van der Waals surface area contributed by atoms with E-state index in [0.29, 0.717) is 18.7 Å². The molecule has 1 amide bonds. The monoisotopic (exact) mass is 265 g/mol. The molecule has 1 unspecified atom stereocenters. The Morgan fingerprint density at radius 1 is 1.50 bits per heavy atom. The number of aryl methyl sites for hydroxylation is 1. The molecule has 18 heavy (non-hydrogen) atoms. The van der Waals surface area contributed by atoms with Gasteiger partial charge in [0.15, 0.2) is 0 Å². The van der Waals surface area contributed by atoms with Gasteiger partial charge in [0.05, 0.1) is 11.0 Å². The Balaban J connectivity index is 2.50. The van der Waals surface area contributed by atoms with Crippen LogP contribution in [0.15, 0.2) is 24.3 Å². The van der Waals surface area contributed by atoms with Crippen molar-refractivity contribution in [3.63, 3.8) is 0 Å². The maximum Gasteiger partial charge on any atom is 0.219 e. The van der Waals surface area contributed by atoms with E-state index in [9.17, 15) is 4.79 Å². The van der Waals surface area contributed by atoms with Crippen molar-refractivity contribution < 1.29 is 4.79 Å². The molecule has 5 heteroatoms. The first-order valence-corrected chi connectivity index (χ1v) is 6.47. The summed E-state index contributed by atoms with van der Waals surface area (Å²) in [6.45, 7) is 1.97. The molecule has 1 atom stereocenters. The number of carbonyl (C=O) groups is 1. The van der Waals surface area contributed by atoms with Gasteiger partial charge in [-0.1, -0.05) is 12.1 Å². The third-order valence-electron chi connectivity index (χ3n) is 2.92. The summed E-state index contributed by atoms with van der Waals surface area (Å²) in [5, 5.41) is 0. The van der Waals surface area contributed by atoms with Crippen molar-refractivity contribution in [3.05, 3.63) is 30.1 Å². The van der Waals surface area contributed by atoms with Crippen molar-refractivity contribution in [1.82, 2.24) is 9.55 Å². The zero-order valence-corrected chi connectivity index (χ0v) is 11.0. The first-order valence-electron chi connectivity index (χ1n) is 5.93. The Hall–Kier alpha value is -1.55. The molecule has 1 aromatic heterocycles. The number of carbonyl (C=O) groups excluding carboxylic acids is 1. The SMILES string of the molecule is CC(CC(N)=O)n1c(CCCl)nc2ccccc21. The van der Waals surface area contributed by atoms with E-state index in [1.54, 1.807) is 0 Å².